The molecule has 1 amide bonds. The first-order valence-corrected chi connectivity index (χ1v) is 8.75. The molecule has 0 aromatic heterocycles. The maximum atomic E-state index is 11.9. The predicted molar refractivity (Wildman–Crippen MR) is 85.2 cm³/mol. The summed E-state index contributed by atoms with van der Waals surface area (Å²) >= 11 is 0. The van der Waals surface area contributed by atoms with Gasteiger partial charge in [-0.15, -0.1) is 0 Å². The lowest BCUT2D eigenvalue weighted by Gasteiger charge is -2.16. The minimum Gasteiger partial charge on any atom is -0.353 e. The van der Waals surface area contributed by atoms with E-state index in [2.05, 4.69) is 15.0 Å². The standard InChI is InChI=1S/C15H21N3O3S/c1-10(2)11(3)17-14(19)8-9-16-15-12-6-4-5-7-13(12)22(20,21)18-15/h4-7,10-11H,8-9H2,1-3H3,(H,16,18)(H,17,19). The highest BCUT2D eigenvalue weighted by Crippen LogP contribution is 2.22. The Kier molecular flexibility index (Phi) is 4.85. The van der Waals surface area contributed by atoms with Crippen molar-refractivity contribution in [3.05, 3.63) is 29.8 Å². The number of sulfonamides is 1. The molecule has 1 heterocycles. The van der Waals surface area contributed by atoms with Crippen LogP contribution in [0.15, 0.2) is 34.2 Å². The van der Waals surface area contributed by atoms with Crippen molar-refractivity contribution in [2.45, 2.75) is 38.1 Å². The highest BCUT2D eigenvalue weighted by atomic mass is 32.2. The Morgan fingerprint density at radius 2 is 1.95 bits per heavy atom. The van der Waals surface area contributed by atoms with Gasteiger partial charge >= 0.3 is 0 Å². The van der Waals surface area contributed by atoms with Crippen LogP contribution in [0.25, 0.3) is 0 Å². The van der Waals surface area contributed by atoms with Crippen molar-refractivity contribution in [1.82, 2.24) is 10.0 Å². The van der Waals surface area contributed by atoms with Crippen LogP contribution < -0.4 is 10.0 Å². The molecule has 0 radical (unpaired) electrons. The fourth-order valence-corrected chi connectivity index (χ4v) is 3.26. The Labute approximate surface area is 131 Å². The molecule has 0 bridgehead atoms. The Morgan fingerprint density at radius 1 is 1.27 bits per heavy atom. The number of fused-ring (bicyclic) bond motifs is 1. The lowest BCUT2D eigenvalue weighted by Crippen LogP contribution is -2.36. The SMILES string of the molecule is CC(C)C(C)NC(=O)CCN=C1NS(=O)(=O)c2ccccc21. The average molecular weight is 323 g/mol. The fourth-order valence-electron chi connectivity index (χ4n) is 2.01. The number of benzene rings is 1. The van der Waals surface area contributed by atoms with Crippen LogP contribution >= 0.6 is 0 Å². The minimum absolute atomic E-state index is 0.0836. The van der Waals surface area contributed by atoms with Crippen LogP contribution in [0.1, 0.15) is 32.8 Å². The quantitative estimate of drug-likeness (QED) is 0.855. The molecule has 1 unspecified atom stereocenters. The van der Waals surface area contributed by atoms with E-state index in [0.29, 0.717) is 17.3 Å². The van der Waals surface area contributed by atoms with Gasteiger partial charge in [-0.3, -0.25) is 14.5 Å². The molecule has 1 aromatic carbocycles. The molecule has 120 valence electrons. The molecular formula is C15H21N3O3S. The molecule has 0 saturated heterocycles. The zero-order valence-corrected chi connectivity index (χ0v) is 13.8. The first kappa shape index (κ1) is 16.5. The van der Waals surface area contributed by atoms with Crippen LogP contribution in [-0.4, -0.2) is 32.7 Å². The van der Waals surface area contributed by atoms with E-state index in [0.717, 1.165) is 0 Å². The number of carbonyl (C=O) groups is 1. The predicted octanol–water partition coefficient (Wildman–Crippen LogP) is 1.28. The third-order valence-corrected chi connectivity index (χ3v) is 5.06. The Hall–Kier alpha value is -1.89. The van der Waals surface area contributed by atoms with Gasteiger partial charge < -0.3 is 5.32 Å². The molecule has 2 rings (SSSR count). The Balaban J connectivity index is 2.00. The van der Waals surface area contributed by atoms with Gasteiger partial charge in [0.15, 0.2) is 0 Å². The fraction of sp³-hybridized carbons (Fsp3) is 0.467. The van der Waals surface area contributed by atoms with E-state index in [9.17, 15) is 13.2 Å². The van der Waals surface area contributed by atoms with Gasteiger partial charge in [0.05, 0.1) is 11.4 Å². The second-order valence-electron chi connectivity index (χ2n) is 5.68. The number of amides is 1. The largest absolute Gasteiger partial charge is 0.353 e. The molecule has 7 heteroatoms. The molecule has 2 N–H and O–H groups in total. The number of hydrogen-bond acceptors (Lipinski definition) is 4. The highest BCUT2D eigenvalue weighted by Gasteiger charge is 2.29. The number of amidine groups is 1. The molecule has 0 spiro atoms. The van der Waals surface area contributed by atoms with Crippen molar-refractivity contribution < 1.29 is 13.2 Å². The van der Waals surface area contributed by atoms with Crippen LogP contribution in [0.2, 0.25) is 0 Å². The second kappa shape index (κ2) is 6.48. The van der Waals surface area contributed by atoms with Gasteiger partial charge in [-0.2, -0.15) is 0 Å². The maximum absolute atomic E-state index is 11.9. The number of rotatable bonds is 5. The van der Waals surface area contributed by atoms with E-state index in [1.165, 1.54) is 6.07 Å². The first-order chi connectivity index (χ1) is 10.3. The normalized spacial score (nSPS) is 18.8. The third-order valence-electron chi connectivity index (χ3n) is 3.66. The van der Waals surface area contributed by atoms with Gasteiger partial charge in [0, 0.05) is 18.0 Å². The molecule has 0 aliphatic carbocycles. The lowest BCUT2D eigenvalue weighted by molar-refractivity contribution is -0.121. The van der Waals surface area contributed by atoms with E-state index in [-0.39, 0.29) is 29.8 Å². The average Bonchev–Trinajstić information content (AvgIpc) is 2.71. The van der Waals surface area contributed by atoms with Gasteiger partial charge in [0.25, 0.3) is 10.0 Å². The number of nitrogens with zero attached hydrogens (tertiary/aromatic N) is 1. The minimum atomic E-state index is -3.52. The Morgan fingerprint density at radius 3 is 2.64 bits per heavy atom. The summed E-state index contributed by atoms with van der Waals surface area (Å²) in [6.45, 7) is 6.27. The summed E-state index contributed by atoms with van der Waals surface area (Å²) in [6.07, 6.45) is 0.227. The molecule has 6 nitrogen and oxygen atoms in total. The van der Waals surface area contributed by atoms with Crippen molar-refractivity contribution >= 4 is 21.8 Å². The molecule has 22 heavy (non-hydrogen) atoms. The smallest absolute Gasteiger partial charge is 0.263 e. The van der Waals surface area contributed by atoms with Crippen molar-refractivity contribution in [3.8, 4) is 0 Å². The van der Waals surface area contributed by atoms with Crippen molar-refractivity contribution in [3.63, 3.8) is 0 Å². The summed E-state index contributed by atoms with van der Waals surface area (Å²) in [4.78, 5) is 16.2. The molecule has 0 fully saturated rings. The number of carbonyl (C=O) groups excluding carboxylic acids is 1. The third kappa shape index (κ3) is 3.65. The van der Waals surface area contributed by atoms with Gasteiger partial charge in [-0.1, -0.05) is 26.0 Å². The zero-order valence-electron chi connectivity index (χ0n) is 13.0. The molecular weight excluding hydrogens is 302 g/mol. The zero-order chi connectivity index (χ0) is 16.3. The van der Waals surface area contributed by atoms with Gasteiger partial charge in [-0.25, -0.2) is 8.42 Å². The number of nitrogens with one attached hydrogen (secondary N) is 2. The maximum Gasteiger partial charge on any atom is 0.263 e. The van der Waals surface area contributed by atoms with Crippen molar-refractivity contribution in [2.24, 2.45) is 10.9 Å². The van der Waals surface area contributed by atoms with Gasteiger partial charge in [0.1, 0.15) is 5.84 Å². The first-order valence-electron chi connectivity index (χ1n) is 7.27. The summed E-state index contributed by atoms with van der Waals surface area (Å²) in [5, 5.41) is 2.89. The van der Waals surface area contributed by atoms with E-state index < -0.39 is 10.0 Å². The summed E-state index contributed by atoms with van der Waals surface area (Å²) in [6, 6.07) is 6.77. The summed E-state index contributed by atoms with van der Waals surface area (Å²) in [7, 11) is -3.52. The van der Waals surface area contributed by atoms with Crippen molar-refractivity contribution in [1.29, 1.82) is 0 Å². The van der Waals surface area contributed by atoms with Crippen LogP contribution in [0.5, 0.6) is 0 Å². The Bertz CT molecular complexity index is 696. The lowest BCUT2D eigenvalue weighted by atomic mass is 10.1. The molecule has 1 aromatic rings. The summed E-state index contributed by atoms with van der Waals surface area (Å²) < 4.78 is 26.2. The molecule has 1 aliphatic rings. The van der Waals surface area contributed by atoms with E-state index >= 15 is 0 Å². The van der Waals surface area contributed by atoms with Crippen LogP contribution in [0, 0.1) is 5.92 Å². The van der Waals surface area contributed by atoms with E-state index in [1.807, 2.05) is 20.8 Å². The molecule has 1 aliphatic heterocycles. The highest BCUT2D eigenvalue weighted by molar-refractivity contribution is 7.90. The van der Waals surface area contributed by atoms with E-state index in [1.54, 1.807) is 18.2 Å². The summed E-state index contributed by atoms with van der Waals surface area (Å²) in [5.41, 5.74) is 0.554. The van der Waals surface area contributed by atoms with E-state index in [4.69, 9.17) is 0 Å². The monoisotopic (exact) mass is 323 g/mol. The summed E-state index contributed by atoms with van der Waals surface area (Å²) in [5.74, 6) is 0.587. The second-order valence-corrected chi connectivity index (χ2v) is 7.33. The van der Waals surface area contributed by atoms with Crippen LogP contribution in [0.4, 0.5) is 0 Å². The van der Waals surface area contributed by atoms with Gasteiger partial charge in [-0.05, 0) is 25.0 Å². The number of aliphatic imine (C=N–C) groups is 1. The van der Waals surface area contributed by atoms with Crippen LogP contribution in [0.3, 0.4) is 0 Å². The van der Waals surface area contributed by atoms with Crippen LogP contribution in [-0.2, 0) is 14.8 Å². The number of hydrogen-bond donors (Lipinski definition) is 2. The van der Waals surface area contributed by atoms with Gasteiger partial charge in [0.2, 0.25) is 5.91 Å². The molecule has 0 saturated carbocycles. The molecule has 1 atom stereocenters. The topological polar surface area (TPSA) is 87.6 Å². The van der Waals surface area contributed by atoms with Crippen molar-refractivity contribution in [2.75, 3.05) is 6.54 Å².